The molecule has 168 valence electrons. The van der Waals surface area contributed by atoms with E-state index in [1.807, 2.05) is 13.8 Å². The van der Waals surface area contributed by atoms with Crippen LogP contribution in [-0.4, -0.2) is 26.7 Å². The lowest BCUT2D eigenvalue weighted by atomic mass is 10.1. The normalized spacial score (nSPS) is 12.6. The fraction of sp³-hybridized carbons (Fsp3) is 0.286. The van der Waals surface area contributed by atoms with Crippen LogP contribution in [0.2, 0.25) is 0 Å². The van der Waals surface area contributed by atoms with Gasteiger partial charge < -0.3 is 10.1 Å². The predicted octanol–water partition coefficient (Wildman–Crippen LogP) is 3.98. The lowest BCUT2D eigenvalue weighted by Crippen LogP contribution is -2.21. The summed E-state index contributed by atoms with van der Waals surface area (Å²) in [6.45, 7) is 3.55. The van der Waals surface area contributed by atoms with Crippen molar-refractivity contribution in [3.63, 3.8) is 0 Å². The molecule has 0 aromatic heterocycles. The van der Waals surface area contributed by atoms with Gasteiger partial charge in [-0.15, -0.1) is 0 Å². The van der Waals surface area contributed by atoms with Crippen LogP contribution in [0, 0.1) is 17.5 Å². The summed E-state index contributed by atoms with van der Waals surface area (Å²) in [7, 11) is -3.85. The SMILES string of the molecule is CCC(C)Oc1cc(F)ccc1C=CC(=O)NCc1cc(F)c(NS(C)(=O)=O)c(F)c1. The van der Waals surface area contributed by atoms with Gasteiger partial charge >= 0.3 is 0 Å². The molecule has 10 heteroatoms. The first-order valence-corrected chi connectivity index (χ1v) is 11.3. The number of sulfonamides is 1. The number of ether oxygens (including phenoxy) is 1. The number of carbonyl (C=O) groups is 1. The topological polar surface area (TPSA) is 84.5 Å². The molecule has 1 unspecified atom stereocenters. The fourth-order valence-electron chi connectivity index (χ4n) is 2.47. The number of halogens is 3. The summed E-state index contributed by atoms with van der Waals surface area (Å²) in [6.07, 6.45) is 3.96. The average molecular weight is 456 g/mol. The van der Waals surface area contributed by atoms with Crippen molar-refractivity contribution in [3.8, 4) is 5.75 Å². The van der Waals surface area contributed by atoms with Crippen molar-refractivity contribution >= 4 is 27.7 Å². The second-order valence-corrected chi connectivity index (χ2v) is 8.63. The Bertz CT molecular complexity index is 1070. The number of rotatable bonds is 9. The van der Waals surface area contributed by atoms with Gasteiger partial charge in [0.25, 0.3) is 0 Å². The highest BCUT2D eigenvalue weighted by molar-refractivity contribution is 7.92. The highest BCUT2D eigenvalue weighted by Gasteiger charge is 2.15. The van der Waals surface area contributed by atoms with Crippen molar-refractivity contribution in [3.05, 3.63) is 65.0 Å². The molecular formula is C21H23F3N2O4S. The van der Waals surface area contributed by atoms with Crippen LogP contribution in [0.5, 0.6) is 5.75 Å². The number of amides is 1. The van der Waals surface area contributed by atoms with Crippen LogP contribution in [0.15, 0.2) is 36.4 Å². The molecule has 0 saturated heterocycles. The van der Waals surface area contributed by atoms with Gasteiger partial charge in [0, 0.05) is 24.3 Å². The number of hydrogen-bond donors (Lipinski definition) is 2. The second kappa shape index (κ2) is 10.3. The lowest BCUT2D eigenvalue weighted by Gasteiger charge is -2.14. The number of anilines is 1. The fourth-order valence-corrected chi connectivity index (χ4v) is 3.04. The minimum absolute atomic E-state index is 0.0957. The molecule has 31 heavy (non-hydrogen) atoms. The van der Waals surface area contributed by atoms with E-state index >= 15 is 0 Å². The minimum Gasteiger partial charge on any atom is -0.490 e. The molecule has 0 radical (unpaired) electrons. The summed E-state index contributed by atoms with van der Waals surface area (Å²) >= 11 is 0. The minimum atomic E-state index is -3.85. The van der Waals surface area contributed by atoms with E-state index in [0.717, 1.165) is 18.4 Å². The maximum Gasteiger partial charge on any atom is 0.244 e. The van der Waals surface area contributed by atoms with Gasteiger partial charge in [0.05, 0.1) is 12.4 Å². The standard InChI is InChI=1S/C21H23F3N2O4S/c1-4-13(2)30-19-11-16(22)7-5-15(19)6-8-20(27)25-12-14-9-17(23)21(18(24)10-14)26-31(3,28)29/h5-11,13,26H,4,12H2,1-3H3,(H,25,27). The van der Waals surface area contributed by atoms with Gasteiger partial charge in [-0.2, -0.15) is 0 Å². The third-order valence-electron chi connectivity index (χ3n) is 4.15. The summed E-state index contributed by atoms with van der Waals surface area (Å²) in [5.41, 5.74) is -0.203. The Labute approximate surface area is 179 Å². The van der Waals surface area contributed by atoms with Crippen molar-refractivity contribution in [2.75, 3.05) is 11.0 Å². The Morgan fingerprint density at radius 3 is 2.39 bits per heavy atom. The van der Waals surface area contributed by atoms with E-state index in [2.05, 4.69) is 5.32 Å². The molecule has 2 aromatic rings. The van der Waals surface area contributed by atoms with Gasteiger partial charge in [0.15, 0.2) is 11.6 Å². The zero-order valence-corrected chi connectivity index (χ0v) is 18.0. The molecule has 0 bridgehead atoms. The molecule has 0 heterocycles. The Hall–Kier alpha value is -3.01. The Kier molecular flexibility index (Phi) is 8.09. The van der Waals surface area contributed by atoms with Crippen molar-refractivity contribution < 1.29 is 31.1 Å². The van der Waals surface area contributed by atoms with Crippen molar-refractivity contribution in [1.29, 1.82) is 0 Å². The zero-order chi connectivity index (χ0) is 23.2. The summed E-state index contributed by atoms with van der Waals surface area (Å²) in [5, 5.41) is 2.46. The maximum atomic E-state index is 14.0. The molecule has 1 amide bonds. The van der Waals surface area contributed by atoms with Gasteiger partial charge in [-0.3, -0.25) is 9.52 Å². The van der Waals surface area contributed by atoms with Crippen LogP contribution in [0.3, 0.4) is 0 Å². The number of carbonyl (C=O) groups excluding carboxylic acids is 1. The molecule has 6 nitrogen and oxygen atoms in total. The molecule has 2 aromatic carbocycles. The van der Waals surface area contributed by atoms with E-state index in [0.29, 0.717) is 12.0 Å². The molecular weight excluding hydrogens is 433 g/mol. The van der Waals surface area contributed by atoms with Gasteiger partial charge in [-0.1, -0.05) is 6.92 Å². The Morgan fingerprint density at radius 1 is 1.16 bits per heavy atom. The van der Waals surface area contributed by atoms with Gasteiger partial charge in [-0.25, -0.2) is 21.6 Å². The Balaban J connectivity index is 2.07. The van der Waals surface area contributed by atoms with Crippen LogP contribution >= 0.6 is 0 Å². The Morgan fingerprint density at radius 2 is 1.81 bits per heavy atom. The van der Waals surface area contributed by atoms with Crippen molar-refractivity contribution in [2.45, 2.75) is 32.9 Å². The van der Waals surface area contributed by atoms with Crippen LogP contribution in [0.25, 0.3) is 6.08 Å². The largest absolute Gasteiger partial charge is 0.490 e. The first-order chi connectivity index (χ1) is 14.5. The predicted molar refractivity (Wildman–Crippen MR) is 112 cm³/mol. The molecule has 0 aliphatic carbocycles. The van der Waals surface area contributed by atoms with Crippen molar-refractivity contribution in [2.24, 2.45) is 0 Å². The van der Waals surface area contributed by atoms with E-state index in [4.69, 9.17) is 4.74 Å². The first kappa shape index (κ1) is 24.3. The number of hydrogen-bond acceptors (Lipinski definition) is 4. The molecule has 0 aliphatic rings. The van der Waals surface area contributed by atoms with E-state index in [9.17, 15) is 26.4 Å². The van der Waals surface area contributed by atoms with Crippen LogP contribution in [-0.2, 0) is 21.4 Å². The van der Waals surface area contributed by atoms with E-state index in [-0.39, 0.29) is 24.0 Å². The quantitative estimate of drug-likeness (QED) is 0.559. The zero-order valence-electron chi connectivity index (χ0n) is 17.2. The highest BCUT2D eigenvalue weighted by Crippen LogP contribution is 2.24. The van der Waals surface area contributed by atoms with Crippen molar-refractivity contribution in [1.82, 2.24) is 5.32 Å². The van der Waals surface area contributed by atoms with Gasteiger partial charge in [0.2, 0.25) is 15.9 Å². The second-order valence-electron chi connectivity index (χ2n) is 6.88. The molecule has 0 fully saturated rings. The monoisotopic (exact) mass is 456 g/mol. The molecule has 1 atom stereocenters. The summed E-state index contributed by atoms with van der Waals surface area (Å²) < 4.78 is 71.3. The third-order valence-corrected chi connectivity index (χ3v) is 4.72. The number of nitrogens with one attached hydrogen (secondary N) is 2. The summed E-state index contributed by atoms with van der Waals surface area (Å²) in [6, 6.07) is 5.76. The smallest absolute Gasteiger partial charge is 0.244 e. The lowest BCUT2D eigenvalue weighted by molar-refractivity contribution is -0.116. The molecule has 2 rings (SSSR count). The first-order valence-electron chi connectivity index (χ1n) is 9.36. The van der Waals surface area contributed by atoms with E-state index < -0.39 is 39.1 Å². The van der Waals surface area contributed by atoms with E-state index in [1.54, 1.807) is 4.72 Å². The van der Waals surface area contributed by atoms with Crippen LogP contribution < -0.4 is 14.8 Å². The summed E-state index contributed by atoms with van der Waals surface area (Å²) in [5.74, 6) is -2.96. The van der Waals surface area contributed by atoms with Gasteiger partial charge in [-0.05, 0) is 49.2 Å². The van der Waals surface area contributed by atoms with Gasteiger partial charge in [0.1, 0.15) is 17.3 Å². The molecule has 0 spiro atoms. The maximum absolute atomic E-state index is 14.0. The average Bonchev–Trinajstić information content (AvgIpc) is 2.67. The highest BCUT2D eigenvalue weighted by atomic mass is 32.2. The van der Waals surface area contributed by atoms with Crippen LogP contribution in [0.1, 0.15) is 31.4 Å². The van der Waals surface area contributed by atoms with E-state index in [1.165, 1.54) is 30.4 Å². The number of benzene rings is 2. The molecule has 0 saturated carbocycles. The molecule has 2 N–H and O–H groups in total. The molecule has 0 aliphatic heterocycles. The van der Waals surface area contributed by atoms with Crippen LogP contribution in [0.4, 0.5) is 18.9 Å². The third kappa shape index (κ3) is 7.63. The summed E-state index contributed by atoms with van der Waals surface area (Å²) in [4.78, 5) is 12.1.